The highest BCUT2D eigenvalue weighted by Crippen LogP contribution is 2.41. The van der Waals surface area contributed by atoms with Crippen molar-refractivity contribution in [2.75, 3.05) is 5.33 Å². The maximum Gasteiger partial charge on any atom is 0.224 e. The molecule has 0 radical (unpaired) electrons. The Morgan fingerprint density at radius 3 is 2.32 bits per heavy atom. The van der Waals surface area contributed by atoms with Crippen LogP contribution < -0.4 is 5.32 Å². The van der Waals surface area contributed by atoms with Gasteiger partial charge in [0.25, 0.3) is 0 Å². The second kappa shape index (κ2) is 6.15. The van der Waals surface area contributed by atoms with Gasteiger partial charge in [0.2, 0.25) is 5.91 Å². The molecule has 2 aliphatic carbocycles. The van der Waals surface area contributed by atoms with E-state index in [0.29, 0.717) is 5.91 Å². The van der Waals surface area contributed by atoms with E-state index in [-0.39, 0.29) is 16.9 Å². The third-order valence-corrected chi connectivity index (χ3v) is 6.35. The second-order valence-electron chi connectivity index (χ2n) is 7.25. The topological polar surface area (TPSA) is 29.1 Å². The van der Waals surface area contributed by atoms with E-state index in [1.165, 1.54) is 38.5 Å². The van der Waals surface area contributed by atoms with Gasteiger partial charge < -0.3 is 5.32 Å². The Hall–Kier alpha value is -0.0500. The van der Waals surface area contributed by atoms with Gasteiger partial charge in [-0.05, 0) is 31.1 Å². The van der Waals surface area contributed by atoms with Crippen LogP contribution in [-0.4, -0.2) is 16.8 Å². The van der Waals surface area contributed by atoms with Gasteiger partial charge in [-0.15, -0.1) is 0 Å². The molecule has 0 saturated heterocycles. The fourth-order valence-electron chi connectivity index (χ4n) is 3.85. The van der Waals surface area contributed by atoms with Crippen LogP contribution in [0.1, 0.15) is 71.6 Å². The van der Waals surface area contributed by atoms with Crippen LogP contribution in [0.4, 0.5) is 0 Å². The Kier molecular flexibility index (Phi) is 4.97. The lowest BCUT2D eigenvalue weighted by molar-refractivity contribution is -0.132. The van der Waals surface area contributed by atoms with Crippen molar-refractivity contribution in [1.82, 2.24) is 5.32 Å². The van der Waals surface area contributed by atoms with Crippen LogP contribution >= 0.6 is 15.9 Å². The quantitative estimate of drug-likeness (QED) is 0.763. The number of halogens is 1. The molecule has 1 N–H and O–H groups in total. The Morgan fingerprint density at radius 2 is 1.74 bits per heavy atom. The lowest BCUT2D eigenvalue weighted by Crippen LogP contribution is -2.55. The number of hydrogen-bond donors (Lipinski definition) is 1. The number of nitrogens with one attached hydrogen (secondary N) is 1. The summed E-state index contributed by atoms with van der Waals surface area (Å²) in [6.07, 6.45) is 10.8. The van der Waals surface area contributed by atoms with Gasteiger partial charge in [0, 0.05) is 16.8 Å². The molecule has 2 saturated carbocycles. The molecule has 0 aliphatic heterocycles. The van der Waals surface area contributed by atoms with Crippen LogP contribution in [0.25, 0.3) is 0 Å². The van der Waals surface area contributed by atoms with E-state index in [9.17, 15) is 4.79 Å². The summed E-state index contributed by atoms with van der Waals surface area (Å²) in [6, 6.07) is 0. The standard InChI is InChI=1S/C16H28BrNO/c1-15(2)9-7-4-8-13(15)14(19)18-16(12-17)10-5-3-6-11-16/h13H,3-12H2,1-2H3,(H,18,19). The molecule has 0 aromatic rings. The summed E-state index contributed by atoms with van der Waals surface area (Å²) in [4.78, 5) is 12.7. The van der Waals surface area contributed by atoms with Crippen LogP contribution in [0.15, 0.2) is 0 Å². The zero-order valence-electron chi connectivity index (χ0n) is 12.4. The summed E-state index contributed by atoms with van der Waals surface area (Å²) >= 11 is 3.63. The van der Waals surface area contributed by atoms with Crippen molar-refractivity contribution in [3.8, 4) is 0 Å². The maximum absolute atomic E-state index is 12.7. The highest BCUT2D eigenvalue weighted by atomic mass is 79.9. The van der Waals surface area contributed by atoms with E-state index in [0.717, 1.165) is 24.6 Å². The minimum Gasteiger partial charge on any atom is -0.350 e. The fourth-order valence-corrected chi connectivity index (χ4v) is 4.55. The Morgan fingerprint density at radius 1 is 1.11 bits per heavy atom. The molecule has 3 heteroatoms. The lowest BCUT2D eigenvalue weighted by atomic mass is 9.68. The van der Waals surface area contributed by atoms with E-state index < -0.39 is 0 Å². The van der Waals surface area contributed by atoms with Gasteiger partial charge in [-0.1, -0.05) is 61.9 Å². The van der Waals surface area contributed by atoms with Crippen LogP contribution in [0, 0.1) is 11.3 Å². The van der Waals surface area contributed by atoms with Gasteiger partial charge >= 0.3 is 0 Å². The fraction of sp³-hybridized carbons (Fsp3) is 0.938. The van der Waals surface area contributed by atoms with Gasteiger partial charge in [0.15, 0.2) is 0 Å². The normalized spacial score (nSPS) is 29.7. The van der Waals surface area contributed by atoms with Crippen LogP contribution in [0.2, 0.25) is 0 Å². The van der Waals surface area contributed by atoms with Gasteiger partial charge in [0.1, 0.15) is 0 Å². The molecule has 2 aliphatic rings. The lowest BCUT2D eigenvalue weighted by Gasteiger charge is -2.42. The molecular weight excluding hydrogens is 302 g/mol. The SMILES string of the molecule is CC1(C)CCCCC1C(=O)NC1(CBr)CCCCC1. The predicted octanol–water partition coefficient (Wildman–Crippen LogP) is 4.42. The molecule has 2 nitrogen and oxygen atoms in total. The molecule has 1 atom stereocenters. The smallest absolute Gasteiger partial charge is 0.224 e. The zero-order chi connectivity index (χ0) is 13.9. The number of hydrogen-bond acceptors (Lipinski definition) is 1. The molecule has 1 unspecified atom stereocenters. The molecule has 0 heterocycles. The monoisotopic (exact) mass is 329 g/mol. The molecule has 0 aromatic carbocycles. The van der Waals surface area contributed by atoms with E-state index in [1.807, 2.05) is 0 Å². The molecule has 110 valence electrons. The number of rotatable bonds is 3. The Balaban J connectivity index is 2.02. The van der Waals surface area contributed by atoms with Gasteiger partial charge in [-0.2, -0.15) is 0 Å². The first-order valence-electron chi connectivity index (χ1n) is 7.87. The van der Waals surface area contributed by atoms with Crippen molar-refractivity contribution in [3.63, 3.8) is 0 Å². The van der Waals surface area contributed by atoms with Crippen molar-refractivity contribution in [2.45, 2.75) is 77.2 Å². The predicted molar refractivity (Wildman–Crippen MR) is 83.5 cm³/mol. The van der Waals surface area contributed by atoms with Crippen LogP contribution in [-0.2, 0) is 4.79 Å². The summed E-state index contributed by atoms with van der Waals surface area (Å²) in [5, 5.41) is 4.32. The largest absolute Gasteiger partial charge is 0.350 e. The summed E-state index contributed by atoms with van der Waals surface area (Å²) in [6.45, 7) is 4.52. The number of alkyl halides is 1. The van der Waals surface area contributed by atoms with E-state index in [4.69, 9.17) is 0 Å². The molecule has 2 rings (SSSR count). The minimum absolute atomic E-state index is 0.0306. The summed E-state index contributed by atoms with van der Waals surface area (Å²) in [7, 11) is 0. The number of carbonyl (C=O) groups excluding carboxylic acids is 1. The van der Waals surface area contributed by atoms with Crippen molar-refractivity contribution in [2.24, 2.45) is 11.3 Å². The van der Waals surface area contributed by atoms with E-state index >= 15 is 0 Å². The molecule has 0 spiro atoms. The first-order chi connectivity index (χ1) is 8.99. The zero-order valence-corrected chi connectivity index (χ0v) is 14.0. The number of amides is 1. The summed E-state index contributed by atoms with van der Waals surface area (Å²) in [5.41, 5.74) is 0.202. The third kappa shape index (κ3) is 3.53. The van der Waals surface area contributed by atoms with E-state index in [1.54, 1.807) is 0 Å². The minimum atomic E-state index is 0.0306. The third-order valence-electron chi connectivity index (χ3n) is 5.28. The van der Waals surface area contributed by atoms with Crippen LogP contribution in [0.3, 0.4) is 0 Å². The first kappa shape index (κ1) is 15.3. The van der Waals surface area contributed by atoms with Gasteiger partial charge in [-0.3, -0.25) is 4.79 Å². The summed E-state index contributed by atoms with van der Waals surface area (Å²) in [5.74, 6) is 0.519. The van der Waals surface area contributed by atoms with Crippen LogP contribution in [0.5, 0.6) is 0 Å². The average Bonchev–Trinajstić information content (AvgIpc) is 2.39. The van der Waals surface area contributed by atoms with Crippen molar-refractivity contribution in [1.29, 1.82) is 0 Å². The first-order valence-corrected chi connectivity index (χ1v) is 8.99. The van der Waals surface area contributed by atoms with Crippen molar-refractivity contribution in [3.05, 3.63) is 0 Å². The Labute approximate surface area is 126 Å². The second-order valence-corrected chi connectivity index (χ2v) is 7.81. The average molecular weight is 330 g/mol. The summed E-state index contributed by atoms with van der Waals surface area (Å²) < 4.78 is 0. The van der Waals surface area contributed by atoms with Gasteiger partial charge in [0.05, 0.1) is 0 Å². The highest BCUT2D eigenvalue weighted by molar-refractivity contribution is 9.09. The van der Waals surface area contributed by atoms with Crippen molar-refractivity contribution < 1.29 is 4.79 Å². The molecule has 0 bridgehead atoms. The van der Waals surface area contributed by atoms with Crippen molar-refractivity contribution >= 4 is 21.8 Å². The molecular formula is C16H28BrNO. The van der Waals surface area contributed by atoms with Gasteiger partial charge in [-0.25, -0.2) is 0 Å². The highest BCUT2D eigenvalue weighted by Gasteiger charge is 2.40. The number of carbonyl (C=O) groups is 1. The Bertz CT molecular complexity index is 321. The molecule has 19 heavy (non-hydrogen) atoms. The van der Waals surface area contributed by atoms with E-state index in [2.05, 4.69) is 35.1 Å². The maximum atomic E-state index is 12.7. The molecule has 0 aromatic heterocycles. The molecule has 1 amide bonds. The molecule has 2 fully saturated rings.